The summed E-state index contributed by atoms with van der Waals surface area (Å²) >= 11 is 0. The maximum Gasteiger partial charge on any atom is 0.165 e. The molecule has 276 valence electrons. The first kappa shape index (κ1) is 35.4. The molecular weight excluding hydrogens is 687 g/mol. The number of hydrogen-bond acceptors (Lipinski definition) is 5. The molecule has 0 bridgehead atoms. The molecule has 56 heavy (non-hydrogen) atoms. The van der Waals surface area contributed by atoms with Gasteiger partial charge >= 0.3 is 0 Å². The van der Waals surface area contributed by atoms with Gasteiger partial charge < -0.3 is 8.83 Å². The Kier molecular flexibility index (Phi) is 9.30. The summed E-state index contributed by atoms with van der Waals surface area (Å²) in [5, 5.41) is 3.12. The fourth-order valence-electron chi connectivity index (χ4n) is 8.50. The molecule has 0 saturated carbocycles. The fourth-order valence-corrected chi connectivity index (χ4v) is 8.50. The zero-order valence-corrected chi connectivity index (χ0v) is 32.3. The van der Waals surface area contributed by atoms with Crippen LogP contribution < -0.4 is 10.6 Å². The van der Waals surface area contributed by atoms with Gasteiger partial charge in [0.2, 0.25) is 0 Å². The van der Waals surface area contributed by atoms with E-state index >= 15 is 0 Å². The quantitative estimate of drug-likeness (QED) is 0.146. The van der Waals surface area contributed by atoms with E-state index in [4.69, 9.17) is 23.8 Å². The van der Waals surface area contributed by atoms with E-state index in [1.807, 2.05) is 19.1 Å². The molecule has 0 fully saturated rings. The molecule has 9 rings (SSSR count). The Morgan fingerprint density at radius 2 is 1.68 bits per heavy atom. The molecule has 2 atom stereocenters. The second kappa shape index (κ2) is 14.7. The summed E-state index contributed by atoms with van der Waals surface area (Å²) in [5.74, 6) is 3.29. The number of aromatic nitrogens is 3. The van der Waals surface area contributed by atoms with Crippen molar-refractivity contribution in [2.45, 2.75) is 64.2 Å². The number of furan rings is 2. The number of fused-ring (bicyclic) bond motifs is 5. The molecule has 3 aromatic heterocycles. The number of allylic oxidation sites excluding steroid dienone is 12. The topological polar surface area (TPSA) is 65.0 Å². The third kappa shape index (κ3) is 6.37. The minimum Gasteiger partial charge on any atom is -0.457 e. The average molecular weight is 732 g/mol. The summed E-state index contributed by atoms with van der Waals surface area (Å²) in [5.41, 5.74) is 9.93. The van der Waals surface area contributed by atoms with Crippen molar-refractivity contribution in [1.82, 2.24) is 15.0 Å². The molecular formula is C51H45N3O2. The van der Waals surface area contributed by atoms with Crippen molar-refractivity contribution in [3.05, 3.63) is 178 Å². The molecule has 0 saturated heterocycles. The van der Waals surface area contributed by atoms with Crippen LogP contribution in [0.25, 0.3) is 63.2 Å². The predicted molar refractivity (Wildman–Crippen MR) is 231 cm³/mol. The third-order valence-electron chi connectivity index (χ3n) is 11.4. The molecule has 3 heterocycles. The lowest BCUT2D eigenvalue weighted by molar-refractivity contribution is 0.516. The predicted octanol–water partition coefficient (Wildman–Crippen LogP) is 11.5. The molecule has 2 unspecified atom stereocenters. The van der Waals surface area contributed by atoms with Gasteiger partial charge in [-0.15, -0.1) is 0 Å². The minimum absolute atomic E-state index is 0.163. The summed E-state index contributed by atoms with van der Waals surface area (Å²) < 4.78 is 12.5. The molecule has 0 spiro atoms. The molecule has 0 radical (unpaired) electrons. The van der Waals surface area contributed by atoms with E-state index in [0.717, 1.165) is 86.4 Å². The van der Waals surface area contributed by atoms with Gasteiger partial charge in [0, 0.05) is 43.7 Å². The highest BCUT2D eigenvalue weighted by molar-refractivity contribution is 6.12. The second-order valence-corrected chi connectivity index (χ2v) is 15.2. The van der Waals surface area contributed by atoms with Gasteiger partial charge in [0.1, 0.15) is 22.3 Å². The molecule has 5 heteroatoms. The highest BCUT2D eigenvalue weighted by Gasteiger charge is 2.32. The van der Waals surface area contributed by atoms with Gasteiger partial charge in [-0.3, -0.25) is 0 Å². The Morgan fingerprint density at radius 1 is 0.839 bits per heavy atom. The Bertz CT molecular complexity index is 2850. The van der Waals surface area contributed by atoms with Gasteiger partial charge in [-0.2, -0.15) is 0 Å². The first-order valence-electron chi connectivity index (χ1n) is 19.7. The van der Waals surface area contributed by atoms with E-state index in [1.54, 1.807) is 0 Å². The van der Waals surface area contributed by atoms with Crippen LogP contribution in [0.15, 0.2) is 136 Å². The molecule has 0 aliphatic heterocycles. The number of nitrogens with zero attached hydrogens (tertiary/aromatic N) is 3. The number of benzene rings is 3. The van der Waals surface area contributed by atoms with Crippen LogP contribution in [-0.2, 0) is 11.8 Å². The summed E-state index contributed by atoms with van der Waals surface area (Å²) in [6.45, 7) is 10.8. The van der Waals surface area contributed by atoms with Crippen LogP contribution in [0.1, 0.15) is 92.0 Å². The van der Waals surface area contributed by atoms with Crippen LogP contribution in [0.5, 0.6) is 0 Å². The number of hydrogen-bond donors (Lipinski definition) is 0. The lowest BCUT2D eigenvalue weighted by Crippen LogP contribution is -2.24. The van der Waals surface area contributed by atoms with Crippen molar-refractivity contribution in [1.29, 1.82) is 0 Å². The number of rotatable bonds is 8. The van der Waals surface area contributed by atoms with Gasteiger partial charge in [0.05, 0.1) is 0 Å². The maximum absolute atomic E-state index is 6.46. The van der Waals surface area contributed by atoms with Crippen LogP contribution in [-0.4, -0.2) is 15.0 Å². The van der Waals surface area contributed by atoms with E-state index in [0.29, 0.717) is 35.2 Å². The molecule has 0 N–H and O–H groups in total. The van der Waals surface area contributed by atoms with Gasteiger partial charge in [0.15, 0.2) is 17.5 Å². The minimum atomic E-state index is -0.163. The molecule has 3 aromatic carbocycles. The van der Waals surface area contributed by atoms with Crippen LogP contribution >= 0.6 is 0 Å². The average Bonchev–Trinajstić information content (AvgIpc) is 3.77. The van der Waals surface area contributed by atoms with Crippen molar-refractivity contribution in [2.24, 2.45) is 0 Å². The zero-order valence-electron chi connectivity index (χ0n) is 32.3. The Balaban J connectivity index is 1.22. The van der Waals surface area contributed by atoms with Crippen LogP contribution in [0, 0.1) is 0 Å². The van der Waals surface area contributed by atoms with Gasteiger partial charge in [-0.05, 0) is 79.8 Å². The van der Waals surface area contributed by atoms with Crippen molar-refractivity contribution in [3.8, 4) is 11.4 Å². The van der Waals surface area contributed by atoms with Crippen molar-refractivity contribution in [3.63, 3.8) is 0 Å². The third-order valence-corrected chi connectivity index (χ3v) is 11.4. The van der Waals surface area contributed by atoms with E-state index < -0.39 is 0 Å². The Morgan fingerprint density at radius 3 is 2.55 bits per heavy atom. The van der Waals surface area contributed by atoms with Gasteiger partial charge in [-0.1, -0.05) is 142 Å². The highest BCUT2D eigenvalue weighted by Crippen LogP contribution is 2.43. The van der Waals surface area contributed by atoms with Gasteiger partial charge in [0.25, 0.3) is 0 Å². The van der Waals surface area contributed by atoms with Gasteiger partial charge in [-0.25, -0.2) is 15.0 Å². The van der Waals surface area contributed by atoms with Crippen molar-refractivity contribution < 1.29 is 8.83 Å². The van der Waals surface area contributed by atoms with Crippen molar-refractivity contribution >= 4 is 51.8 Å². The zero-order chi connectivity index (χ0) is 38.2. The standard InChI is InChI=1S/C51H45N3O2/c1-5-6-16-31-51(4)32-30-39(38-23-12-14-25-41(38)51)49-52-48(36-20-8-7-9-21-36)53-50(54-49)46-35(28-29-44-47(46)40-24-13-15-26-42(40)56-44)19-10-11-22-37-34(3)55-43-27-17-18-33(2)45(37)43/h5-6,8,10-17,20-31,33H,3,7,9,18-19,32H2,1-2,4H3/b6-5-,11-10-,31-16-,37-22+. The summed E-state index contributed by atoms with van der Waals surface area (Å²) in [6, 6.07) is 21.2. The highest BCUT2D eigenvalue weighted by atomic mass is 16.3. The molecule has 6 aromatic rings. The molecule has 0 amide bonds. The van der Waals surface area contributed by atoms with Crippen molar-refractivity contribution in [2.75, 3.05) is 0 Å². The van der Waals surface area contributed by atoms with E-state index in [1.165, 1.54) is 11.1 Å². The fraction of sp³-hybridized carbons (Fsp3) is 0.196. The summed E-state index contributed by atoms with van der Waals surface area (Å²) in [6.07, 6.45) is 32.7. The van der Waals surface area contributed by atoms with E-state index in [2.05, 4.69) is 148 Å². The van der Waals surface area contributed by atoms with E-state index in [-0.39, 0.29) is 5.41 Å². The van der Waals surface area contributed by atoms with Crippen LogP contribution in [0.2, 0.25) is 0 Å². The lowest BCUT2D eigenvalue weighted by Gasteiger charge is -2.32. The summed E-state index contributed by atoms with van der Waals surface area (Å²) in [7, 11) is 0. The molecule has 3 aliphatic carbocycles. The monoisotopic (exact) mass is 731 g/mol. The largest absolute Gasteiger partial charge is 0.457 e. The first-order chi connectivity index (χ1) is 27.4. The van der Waals surface area contributed by atoms with Crippen LogP contribution in [0.3, 0.4) is 0 Å². The molecule has 5 nitrogen and oxygen atoms in total. The number of para-hydroxylation sites is 1. The second-order valence-electron chi connectivity index (χ2n) is 15.2. The lowest BCUT2D eigenvalue weighted by atomic mass is 9.71. The van der Waals surface area contributed by atoms with E-state index in [9.17, 15) is 0 Å². The Hall–Kier alpha value is -6.33. The summed E-state index contributed by atoms with van der Waals surface area (Å²) in [4.78, 5) is 15.9. The SMILES string of the molecule is C=c1oc2c(/c1=C/C=C\Cc1ccc3oc4ccccc4c3c1-c1nc(C3=CCCC=C3)nc(C3=CCC(C)(/C=C\C=C/C)c4ccccc43)n1)C(C)CC=C2. The first-order valence-corrected chi connectivity index (χ1v) is 19.7. The normalized spacial score (nSPS) is 19.8. The molecule has 3 aliphatic rings. The van der Waals surface area contributed by atoms with Crippen LogP contribution in [0.4, 0.5) is 0 Å². The smallest absolute Gasteiger partial charge is 0.165 e. The maximum atomic E-state index is 6.46. The Labute approximate surface area is 327 Å².